The third-order valence-corrected chi connectivity index (χ3v) is 3.56. The minimum absolute atomic E-state index is 0.194. The Bertz CT molecular complexity index is 156. The van der Waals surface area contributed by atoms with E-state index in [0.717, 1.165) is 19.3 Å². The molecule has 5 unspecified atom stereocenters. The Hall–Kier alpha value is -0.0800. The molecular formula is C11H22O2. The smallest absolute Gasteiger partial charge is 0.0572 e. The molecule has 1 saturated carbocycles. The zero-order valence-electron chi connectivity index (χ0n) is 8.90. The van der Waals surface area contributed by atoms with Gasteiger partial charge in [-0.15, -0.1) is 0 Å². The Morgan fingerprint density at radius 2 is 1.85 bits per heavy atom. The maximum absolute atomic E-state index is 9.79. The minimum Gasteiger partial charge on any atom is -0.393 e. The first kappa shape index (κ1) is 11.0. The van der Waals surface area contributed by atoms with Crippen LogP contribution in [0.25, 0.3) is 0 Å². The molecular weight excluding hydrogens is 164 g/mol. The molecule has 0 amide bonds. The van der Waals surface area contributed by atoms with Gasteiger partial charge in [0.1, 0.15) is 0 Å². The largest absolute Gasteiger partial charge is 0.393 e. The second-order valence-electron chi connectivity index (χ2n) is 4.75. The van der Waals surface area contributed by atoms with E-state index in [1.165, 1.54) is 0 Å². The third-order valence-electron chi connectivity index (χ3n) is 3.56. The van der Waals surface area contributed by atoms with Crippen LogP contribution in [-0.2, 0) is 0 Å². The van der Waals surface area contributed by atoms with Crippen LogP contribution in [0, 0.1) is 17.8 Å². The molecule has 0 aliphatic heterocycles. The summed E-state index contributed by atoms with van der Waals surface area (Å²) in [5.74, 6) is 1.22. The first-order valence-corrected chi connectivity index (χ1v) is 5.38. The zero-order valence-corrected chi connectivity index (χ0v) is 8.90. The van der Waals surface area contributed by atoms with Crippen LogP contribution in [0.4, 0.5) is 0 Å². The van der Waals surface area contributed by atoms with Gasteiger partial charge >= 0.3 is 0 Å². The Labute approximate surface area is 81.0 Å². The van der Waals surface area contributed by atoms with Crippen molar-refractivity contribution in [1.82, 2.24) is 0 Å². The van der Waals surface area contributed by atoms with Gasteiger partial charge in [0, 0.05) is 0 Å². The summed E-state index contributed by atoms with van der Waals surface area (Å²) in [7, 11) is 0. The molecule has 2 nitrogen and oxygen atoms in total. The molecule has 0 bridgehead atoms. The Morgan fingerprint density at radius 1 is 1.23 bits per heavy atom. The van der Waals surface area contributed by atoms with E-state index in [-0.39, 0.29) is 18.1 Å². The van der Waals surface area contributed by atoms with E-state index in [4.69, 9.17) is 0 Å². The van der Waals surface area contributed by atoms with Crippen LogP contribution in [-0.4, -0.2) is 22.4 Å². The van der Waals surface area contributed by atoms with Gasteiger partial charge in [-0.05, 0) is 43.9 Å². The monoisotopic (exact) mass is 186 g/mol. The Morgan fingerprint density at radius 3 is 2.38 bits per heavy atom. The number of aliphatic hydroxyl groups is 2. The zero-order chi connectivity index (χ0) is 10.0. The average molecular weight is 186 g/mol. The Balaban J connectivity index is 2.54. The Kier molecular flexibility index (Phi) is 3.74. The van der Waals surface area contributed by atoms with Crippen LogP contribution >= 0.6 is 0 Å². The number of hydrogen-bond donors (Lipinski definition) is 2. The van der Waals surface area contributed by atoms with Crippen molar-refractivity contribution in [3.8, 4) is 0 Å². The normalized spacial score (nSPS) is 39.9. The molecule has 0 saturated heterocycles. The van der Waals surface area contributed by atoms with E-state index in [9.17, 15) is 10.2 Å². The first-order chi connectivity index (χ1) is 6.02. The predicted molar refractivity (Wildman–Crippen MR) is 53.4 cm³/mol. The maximum atomic E-state index is 9.79. The highest BCUT2D eigenvalue weighted by Gasteiger charge is 2.32. The fraction of sp³-hybridized carbons (Fsp3) is 1.00. The number of rotatable bonds is 2. The van der Waals surface area contributed by atoms with Crippen LogP contribution in [0.15, 0.2) is 0 Å². The molecule has 0 radical (unpaired) electrons. The van der Waals surface area contributed by atoms with Gasteiger partial charge in [-0.25, -0.2) is 0 Å². The van der Waals surface area contributed by atoms with E-state index in [1.807, 2.05) is 13.8 Å². The average Bonchev–Trinajstić information content (AvgIpc) is 2.08. The van der Waals surface area contributed by atoms with Crippen LogP contribution < -0.4 is 0 Å². The van der Waals surface area contributed by atoms with Crippen molar-refractivity contribution >= 4 is 0 Å². The lowest BCUT2D eigenvalue weighted by atomic mass is 9.73. The number of hydrogen-bond acceptors (Lipinski definition) is 2. The molecule has 2 heteroatoms. The van der Waals surface area contributed by atoms with E-state index in [2.05, 4.69) is 6.92 Å². The van der Waals surface area contributed by atoms with Crippen molar-refractivity contribution in [2.24, 2.45) is 17.8 Å². The van der Waals surface area contributed by atoms with Crippen LogP contribution in [0.1, 0.15) is 40.0 Å². The summed E-state index contributed by atoms with van der Waals surface area (Å²) in [6.45, 7) is 6.08. The lowest BCUT2D eigenvalue weighted by Crippen LogP contribution is -2.36. The van der Waals surface area contributed by atoms with Gasteiger partial charge in [0.15, 0.2) is 0 Å². The molecule has 0 aromatic carbocycles. The summed E-state index contributed by atoms with van der Waals surface area (Å²) in [6.07, 6.45) is 2.60. The maximum Gasteiger partial charge on any atom is 0.0572 e. The molecule has 1 rings (SSSR count). The highest BCUT2D eigenvalue weighted by Crippen LogP contribution is 2.34. The molecule has 0 spiro atoms. The van der Waals surface area contributed by atoms with Crippen LogP contribution in [0.5, 0.6) is 0 Å². The summed E-state index contributed by atoms with van der Waals surface area (Å²) < 4.78 is 0. The van der Waals surface area contributed by atoms with E-state index < -0.39 is 0 Å². The van der Waals surface area contributed by atoms with Crippen LogP contribution in [0.2, 0.25) is 0 Å². The highest BCUT2D eigenvalue weighted by molar-refractivity contribution is 4.83. The van der Waals surface area contributed by atoms with Gasteiger partial charge in [-0.3, -0.25) is 0 Å². The van der Waals surface area contributed by atoms with Gasteiger partial charge in [-0.1, -0.05) is 13.8 Å². The second-order valence-corrected chi connectivity index (χ2v) is 4.75. The van der Waals surface area contributed by atoms with Crippen molar-refractivity contribution in [3.63, 3.8) is 0 Å². The fourth-order valence-corrected chi connectivity index (χ4v) is 2.33. The van der Waals surface area contributed by atoms with Crippen molar-refractivity contribution in [1.29, 1.82) is 0 Å². The van der Waals surface area contributed by atoms with E-state index in [1.54, 1.807) is 0 Å². The van der Waals surface area contributed by atoms with Crippen molar-refractivity contribution < 1.29 is 10.2 Å². The molecule has 1 aliphatic rings. The van der Waals surface area contributed by atoms with Gasteiger partial charge in [-0.2, -0.15) is 0 Å². The van der Waals surface area contributed by atoms with Crippen molar-refractivity contribution in [2.75, 3.05) is 0 Å². The molecule has 78 valence electrons. The van der Waals surface area contributed by atoms with E-state index >= 15 is 0 Å². The van der Waals surface area contributed by atoms with Gasteiger partial charge in [0.05, 0.1) is 12.2 Å². The summed E-state index contributed by atoms with van der Waals surface area (Å²) in [4.78, 5) is 0. The highest BCUT2D eigenvalue weighted by atomic mass is 16.3. The predicted octanol–water partition coefficient (Wildman–Crippen LogP) is 1.80. The topological polar surface area (TPSA) is 40.5 Å². The fourth-order valence-electron chi connectivity index (χ4n) is 2.33. The minimum atomic E-state index is -0.301. The molecule has 0 aromatic heterocycles. The van der Waals surface area contributed by atoms with Gasteiger partial charge < -0.3 is 10.2 Å². The van der Waals surface area contributed by atoms with Gasteiger partial charge in [0.25, 0.3) is 0 Å². The lowest BCUT2D eigenvalue weighted by Gasteiger charge is -2.36. The summed E-state index contributed by atoms with van der Waals surface area (Å²) >= 11 is 0. The quantitative estimate of drug-likeness (QED) is 0.690. The number of aliphatic hydroxyl groups excluding tert-OH is 2. The van der Waals surface area contributed by atoms with Crippen molar-refractivity contribution in [2.45, 2.75) is 52.2 Å². The van der Waals surface area contributed by atoms with Gasteiger partial charge in [0.2, 0.25) is 0 Å². The molecule has 1 fully saturated rings. The van der Waals surface area contributed by atoms with Crippen molar-refractivity contribution in [3.05, 3.63) is 0 Å². The standard InChI is InChI=1S/C11H22O2/c1-7-4-5-11(13)10(6-7)8(2)9(3)12/h7-13H,4-6H2,1-3H3. The summed E-state index contributed by atoms with van der Waals surface area (Å²) in [5, 5.41) is 19.3. The summed E-state index contributed by atoms with van der Waals surface area (Å²) in [5.41, 5.74) is 0. The van der Waals surface area contributed by atoms with Crippen LogP contribution in [0.3, 0.4) is 0 Å². The summed E-state index contributed by atoms with van der Waals surface area (Å²) in [6, 6.07) is 0. The molecule has 2 N–H and O–H groups in total. The SMILES string of the molecule is CC1CCC(O)C(C(C)C(C)O)C1. The lowest BCUT2D eigenvalue weighted by molar-refractivity contribution is -0.0138. The third kappa shape index (κ3) is 2.68. The first-order valence-electron chi connectivity index (χ1n) is 5.38. The molecule has 5 atom stereocenters. The van der Waals surface area contributed by atoms with E-state index in [0.29, 0.717) is 11.8 Å². The molecule has 1 aliphatic carbocycles. The second kappa shape index (κ2) is 4.43. The molecule has 0 heterocycles. The molecule has 0 aromatic rings. The molecule has 13 heavy (non-hydrogen) atoms.